The average Bonchev–Trinajstić information content (AvgIpc) is 2.78. The Balaban J connectivity index is 1.82. The summed E-state index contributed by atoms with van der Waals surface area (Å²) < 4.78 is 1.97. The summed E-state index contributed by atoms with van der Waals surface area (Å²) in [5.74, 6) is 2.90. The lowest BCUT2D eigenvalue weighted by atomic mass is 10.2. The summed E-state index contributed by atoms with van der Waals surface area (Å²) in [4.78, 5) is 0. The third kappa shape index (κ3) is 4.24. The Morgan fingerprint density at radius 3 is 3.06 bits per heavy atom. The SMILES string of the molecule is CC(C)CNCc1nnnn1CC1CCCCS1. The zero-order valence-corrected chi connectivity index (χ0v) is 12.1. The summed E-state index contributed by atoms with van der Waals surface area (Å²) in [6, 6.07) is 0. The fourth-order valence-electron chi connectivity index (χ4n) is 2.11. The molecule has 0 saturated carbocycles. The highest BCUT2D eigenvalue weighted by molar-refractivity contribution is 7.99. The number of nitrogens with zero attached hydrogens (tertiary/aromatic N) is 4. The van der Waals surface area contributed by atoms with Gasteiger partial charge in [-0.2, -0.15) is 11.8 Å². The van der Waals surface area contributed by atoms with Crippen LogP contribution >= 0.6 is 11.8 Å². The molecule has 0 bridgehead atoms. The maximum Gasteiger partial charge on any atom is 0.165 e. The van der Waals surface area contributed by atoms with Crippen LogP contribution in [-0.2, 0) is 13.1 Å². The van der Waals surface area contributed by atoms with Crippen molar-refractivity contribution in [1.29, 1.82) is 0 Å². The van der Waals surface area contributed by atoms with Gasteiger partial charge in [0.15, 0.2) is 5.82 Å². The van der Waals surface area contributed by atoms with Crippen molar-refractivity contribution in [2.45, 2.75) is 51.4 Å². The molecular weight excluding hydrogens is 246 g/mol. The number of aromatic nitrogens is 4. The van der Waals surface area contributed by atoms with Gasteiger partial charge in [-0.1, -0.05) is 20.3 Å². The van der Waals surface area contributed by atoms with Crippen LogP contribution in [0.4, 0.5) is 0 Å². The molecule has 5 nitrogen and oxygen atoms in total. The van der Waals surface area contributed by atoms with Crippen LogP contribution in [0.25, 0.3) is 0 Å². The molecular formula is C12H23N5S. The molecule has 1 aromatic heterocycles. The molecule has 0 amide bonds. The van der Waals surface area contributed by atoms with Crippen LogP contribution in [0, 0.1) is 5.92 Å². The highest BCUT2D eigenvalue weighted by Gasteiger charge is 2.17. The van der Waals surface area contributed by atoms with Gasteiger partial charge < -0.3 is 5.32 Å². The largest absolute Gasteiger partial charge is 0.310 e. The van der Waals surface area contributed by atoms with Gasteiger partial charge in [0, 0.05) is 5.25 Å². The molecule has 2 heterocycles. The second kappa shape index (κ2) is 7.09. The smallest absolute Gasteiger partial charge is 0.165 e. The third-order valence-electron chi connectivity index (χ3n) is 3.09. The number of nitrogens with one attached hydrogen (secondary N) is 1. The van der Waals surface area contributed by atoms with Crippen LogP contribution in [-0.4, -0.2) is 37.8 Å². The van der Waals surface area contributed by atoms with Crippen molar-refractivity contribution in [1.82, 2.24) is 25.5 Å². The lowest BCUT2D eigenvalue weighted by Gasteiger charge is -2.21. The Kier molecular flexibility index (Phi) is 5.44. The molecule has 1 aliphatic heterocycles. The molecule has 102 valence electrons. The van der Waals surface area contributed by atoms with Crippen LogP contribution in [0.15, 0.2) is 0 Å². The molecule has 1 atom stereocenters. The van der Waals surface area contributed by atoms with E-state index in [1.807, 2.05) is 4.68 Å². The number of hydrogen-bond acceptors (Lipinski definition) is 5. The van der Waals surface area contributed by atoms with Gasteiger partial charge >= 0.3 is 0 Å². The molecule has 1 saturated heterocycles. The standard InChI is InChI=1S/C12H23N5S/c1-10(2)7-13-8-12-14-15-16-17(12)9-11-5-3-4-6-18-11/h10-11,13H,3-9H2,1-2H3. The monoisotopic (exact) mass is 269 g/mol. The summed E-state index contributed by atoms with van der Waals surface area (Å²) in [6.45, 7) is 7.13. The minimum Gasteiger partial charge on any atom is -0.310 e. The normalized spacial score (nSPS) is 20.5. The van der Waals surface area contributed by atoms with E-state index in [1.165, 1.54) is 25.0 Å². The molecule has 18 heavy (non-hydrogen) atoms. The minimum atomic E-state index is 0.656. The van der Waals surface area contributed by atoms with E-state index in [0.29, 0.717) is 11.2 Å². The fourth-order valence-corrected chi connectivity index (χ4v) is 3.39. The van der Waals surface area contributed by atoms with Gasteiger partial charge in [-0.05, 0) is 41.5 Å². The van der Waals surface area contributed by atoms with Crippen molar-refractivity contribution in [2.24, 2.45) is 5.92 Å². The molecule has 0 aliphatic carbocycles. The Bertz CT molecular complexity index is 346. The first kappa shape index (κ1) is 13.8. The summed E-state index contributed by atoms with van der Waals surface area (Å²) in [5.41, 5.74) is 0. The van der Waals surface area contributed by atoms with E-state index in [2.05, 4.69) is 46.5 Å². The van der Waals surface area contributed by atoms with Gasteiger partial charge in [-0.15, -0.1) is 5.10 Å². The molecule has 2 rings (SSSR count). The van der Waals surface area contributed by atoms with Crippen molar-refractivity contribution in [3.05, 3.63) is 5.82 Å². The molecule has 0 spiro atoms. The lowest BCUT2D eigenvalue weighted by molar-refractivity contribution is 0.489. The Labute approximate surface area is 113 Å². The zero-order valence-electron chi connectivity index (χ0n) is 11.3. The topological polar surface area (TPSA) is 55.6 Å². The third-order valence-corrected chi connectivity index (χ3v) is 4.47. The molecule has 6 heteroatoms. The van der Waals surface area contributed by atoms with Crippen LogP contribution in [0.2, 0.25) is 0 Å². The second-order valence-electron chi connectivity index (χ2n) is 5.29. The fraction of sp³-hybridized carbons (Fsp3) is 0.917. The number of thioether (sulfide) groups is 1. The minimum absolute atomic E-state index is 0.656. The Hall–Kier alpha value is -0.620. The summed E-state index contributed by atoms with van der Waals surface area (Å²) in [7, 11) is 0. The first-order chi connectivity index (χ1) is 8.75. The van der Waals surface area contributed by atoms with E-state index < -0.39 is 0 Å². The zero-order chi connectivity index (χ0) is 12.8. The molecule has 1 aromatic rings. The maximum absolute atomic E-state index is 4.11. The van der Waals surface area contributed by atoms with E-state index in [4.69, 9.17) is 0 Å². The Morgan fingerprint density at radius 2 is 2.33 bits per heavy atom. The van der Waals surface area contributed by atoms with E-state index >= 15 is 0 Å². The highest BCUT2D eigenvalue weighted by Crippen LogP contribution is 2.26. The molecule has 1 unspecified atom stereocenters. The quantitative estimate of drug-likeness (QED) is 0.852. The van der Waals surface area contributed by atoms with Crippen molar-refractivity contribution in [3.63, 3.8) is 0 Å². The number of tetrazole rings is 1. The predicted molar refractivity (Wildman–Crippen MR) is 74.5 cm³/mol. The van der Waals surface area contributed by atoms with Gasteiger partial charge in [-0.3, -0.25) is 0 Å². The first-order valence-corrected chi connectivity index (χ1v) is 7.88. The van der Waals surface area contributed by atoms with E-state index in [-0.39, 0.29) is 0 Å². The van der Waals surface area contributed by atoms with Gasteiger partial charge in [-0.25, -0.2) is 4.68 Å². The van der Waals surface area contributed by atoms with Gasteiger partial charge in [0.05, 0.1) is 13.1 Å². The maximum atomic E-state index is 4.11. The predicted octanol–water partition coefficient (Wildman–Crippen LogP) is 1.70. The molecule has 1 fully saturated rings. The van der Waals surface area contributed by atoms with E-state index in [9.17, 15) is 0 Å². The van der Waals surface area contributed by atoms with E-state index in [0.717, 1.165) is 25.5 Å². The highest BCUT2D eigenvalue weighted by atomic mass is 32.2. The Morgan fingerprint density at radius 1 is 1.44 bits per heavy atom. The van der Waals surface area contributed by atoms with Crippen molar-refractivity contribution >= 4 is 11.8 Å². The average molecular weight is 269 g/mol. The van der Waals surface area contributed by atoms with Crippen molar-refractivity contribution < 1.29 is 0 Å². The number of hydrogen-bond donors (Lipinski definition) is 1. The summed E-state index contributed by atoms with van der Waals surface area (Å²) >= 11 is 2.06. The van der Waals surface area contributed by atoms with Crippen LogP contribution in [0.3, 0.4) is 0 Å². The van der Waals surface area contributed by atoms with Gasteiger partial charge in [0.2, 0.25) is 0 Å². The van der Waals surface area contributed by atoms with Crippen molar-refractivity contribution in [2.75, 3.05) is 12.3 Å². The lowest BCUT2D eigenvalue weighted by Crippen LogP contribution is -2.24. The molecule has 1 N–H and O–H groups in total. The first-order valence-electron chi connectivity index (χ1n) is 6.83. The van der Waals surface area contributed by atoms with E-state index in [1.54, 1.807) is 0 Å². The second-order valence-corrected chi connectivity index (χ2v) is 6.70. The van der Waals surface area contributed by atoms with Crippen LogP contribution in [0.5, 0.6) is 0 Å². The summed E-state index contributed by atoms with van der Waals surface area (Å²) in [5, 5.41) is 16.1. The summed E-state index contributed by atoms with van der Waals surface area (Å²) in [6.07, 6.45) is 4.00. The molecule has 0 radical (unpaired) electrons. The van der Waals surface area contributed by atoms with Gasteiger partial charge in [0.25, 0.3) is 0 Å². The molecule has 1 aliphatic rings. The van der Waals surface area contributed by atoms with Crippen molar-refractivity contribution in [3.8, 4) is 0 Å². The number of rotatable bonds is 6. The van der Waals surface area contributed by atoms with Crippen LogP contribution < -0.4 is 5.32 Å². The van der Waals surface area contributed by atoms with Gasteiger partial charge in [0.1, 0.15) is 0 Å². The van der Waals surface area contributed by atoms with Crippen LogP contribution in [0.1, 0.15) is 38.9 Å². The molecule has 0 aromatic carbocycles.